The molecule has 0 saturated carbocycles. The van der Waals surface area contributed by atoms with E-state index < -0.39 is 5.97 Å². The number of rotatable bonds is 4. The summed E-state index contributed by atoms with van der Waals surface area (Å²) in [5.74, 6) is -0.881. The Hall–Kier alpha value is -2.24. The number of amides is 2. The molecule has 1 aromatic rings. The molecule has 21 heavy (non-hydrogen) atoms. The van der Waals surface area contributed by atoms with Crippen LogP contribution < -0.4 is 15.4 Å². The van der Waals surface area contributed by atoms with Gasteiger partial charge in [0.25, 0.3) is 0 Å². The number of methoxy groups -OCH3 is 1. The molecule has 1 rings (SSSR count). The summed E-state index contributed by atoms with van der Waals surface area (Å²) in [6, 6.07) is 4.03. The molecular weight excluding hydrogens is 272 g/mol. The summed E-state index contributed by atoms with van der Waals surface area (Å²) in [5.41, 5.74) is 0.462. The normalized spacial score (nSPS) is 12.4. The first-order valence-electron chi connectivity index (χ1n) is 6.64. The number of carboxylic acid groups (broad SMARTS) is 1. The van der Waals surface area contributed by atoms with Crippen LogP contribution in [-0.2, 0) is 0 Å². The van der Waals surface area contributed by atoms with Gasteiger partial charge in [-0.15, -0.1) is 0 Å². The quantitative estimate of drug-likeness (QED) is 0.796. The summed E-state index contributed by atoms with van der Waals surface area (Å²) >= 11 is 0. The van der Waals surface area contributed by atoms with E-state index in [9.17, 15) is 9.59 Å². The number of carbonyl (C=O) groups excluding carboxylic acids is 1. The predicted molar refractivity (Wildman–Crippen MR) is 81.0 cm³/mol. The third-order valence-corrected chi connectivity index (χ3v) is 3.34. The van der Waals surface area contributed by atoms with Crippen molar-refractivity contribution in [2.75, 3.05) is 12.4 Å². The molecule has 0 radical (unpaired) electrons. The number of aromatic carboxylic acids is 1. The lowest BCUT2D eigenvalue weighted by atomic mass is 9.88. The van der Waals surface area contributed by atoms with Crippen LogP contribution in [0.5, 0.6) is 5.75 Å². The van der Waals surface area contributed by atoms with Gasteiger partial charge in [-0.3, -0.25) is 0 Å². The fraction of sp³-hybridized carbons (Fsp3) is 0.467. The number of ether oxygens (including phenoxy) is 1. The number of carbonyl (C=O) groups is 2. The number of carboxylic acids is 1. The second-order valence-electron chi connectivity index (χ2n) is 5.91. The van der Waals surface area contributed by atoms with E-state index in [1.807, 2.05) is 27.7 Å². The Bertz CT molecular complexity index is 535. The van der Waals surface area contributed by atoms with E-state index in [2.05, 4.69) is 10.6 Å². The summed E-state index contributed by atoms with van der Waals surface area (Å²) in [5, 5.41) is 14.5. The average Bonchev–Trinajstić information content (AvgIpc) is 2.36. The van der Waals surface area contributed by atoms with Crippen LogP contribution >= 0.6 is 0 Å². The van der Waals surface area contributed by atoms with Gasteiger partial charge >= 0.3 is 12.0 Å². The first-order chi connectivity index (χ1) is 9.65. The van der Waals surface area contributed by atoms with Crippen LogP contribution in [0.3, 0.4) is 0 Å². The maximum absolute atomic E-state index is 11.9. The Morgan fingerprint density at radius 3 is 2.38 bits per heavy atom. The molecule has 116 valence electrons. The Kier molecular flexibility index (Phi) is 5.18. The molecule has 6 heteroatoms. The highest BCUT2D eigenvalue weighted by Gasteiger charge is 2.21. The highest BCUT2D eigenvalue weighted by molar-refractivity contribution is 5.94. The van der Waals surface area contributed by atoms with E-state index in [1.54, 1.807) is 0 Å². The van der Waals surface area contributed by atoms with Crippen molar-refractivity contribution >= 4 is 17.7 Å². The molecule has 0 aliphatic rings. The van der Waals surface area contributed by atoms with E-state index in [-0.39, 0.29) is 28.8 Å². The molecule has 1 unspecified atom stereocenters. The van der Waals surface area contributed by atoms with Gasteiger partial charge in [0.15, 0.2) is 0 Å². The van der Waals surface area contributed by atoms with Crippen molar-refractivity contribution in [2.24, 2.45) is 5.41 Å². The number of hydrogen-bond acceptors (Lipinski definition) is 3. The lowest BCUT2D eigenvalue weighted by Gasteiger charge is -2.28. The molecule has 3 N–H and O–H groups in total. The van der Waals surface area contributed by atoms with Crippen molar-refractivity contribution in [3.63, 3.8) is 0 Å². The molecule has 2 amide bonds. The molecular formula is C15H22N2O4. The minimum atomic E-state index is -1.08. The van der Waals surface area contributed by atoms with Crippen LogP contribution in [0.1, 0.15) is 38.1 Å². The zero-order valence-electron chi connectivity index (χ0n) is 13.0. The monoisotopic (exact) mass is 294 g/mol. The van der Waals surface area contributed by atoms with Crippen LogP contribution in [0.15, 0.2) is 18.2 Å². The fourth-order valence-electron chi connectivity index (χ4n) is 1.53. The predicted octanol–water partition coefficient (Wildman–Crippen LogP) is 2.95. The van der Waals surface area contributed by atoms with Crippen molar-refractivity contribution in [2.45, 2.75) is 33.7 Å². The zero-order chi connectivity index (χ0) is 16.2. The minimum absolute atomic E-state index is 0.0160. The van der Waals surface area contributed by atoms with Crippen LogP contribution in [0, 0.1) is 5.41 Å². The van der Waals surface area contributed by atoms with E-state index >= 15 is 0 Å². The molecule has 0 aliphatic carbocycles. The summed E-state index contributed by atoms with van der Waals surface area (Å²) in [6.45, 7) is 8.02. The summed E-state index contributed by atoms with van der Waals surface area (Å²) in [6.07, 6.45) is 0. The topological polar surface area (TPSA) is 87.7 Å². The van der Waals surface area contributed by atoms with Gasteiger partial charge in [0.05, 0.1) is 7.11 Å². The molecule has 0 heterocycles. The Morgan fingerprint density at radius 1 is 1.29 bits per heavy atom. The second-order valence-corrected chi connectivity index (χ2v) is 5.91. The maximum Gasteiger partial charge on any atom is 0.339 e. The van der Waals surface area contributed by atoms with Crippen LogP contribution in [-0.4, -0.2) is 30.3 Å². The van der Waals surface area contributed by atoms with Crippen LogP contribution in [0.2, 0.25) is 0 Å². The van der Waals surface area contributed by atoms with Gasteiger partial charge in [-0.05, 0) is 24.5 Å². The molecule has 0 spiro atoms. The van der Waals surface area contributed by atoms with E-state index in [0.717, 1.165) is 0 Å². The lowest BCUT2D eigenvalue weighted by Crippen LogP contribution is -2.43. The summed E-state index contributed by atoms with van der Waals surface area (Å²) in [7, 11) is 1.38. The Balaban J connectivity index is 2.80. The van der Waals surface area contributed by atoms with E-state index in [4.69, 9.17) is 9.84 Å². The van der Waals surface area contributed by atoms with Gasteiger partial charge in [0.1, 0.15) is 11.3 Å². The second kappa shape index (κ2) is 6.47. The van der Waals surface area contributed by atoms with Crippen LogP contribution in [0.25, 0.3) is 0 Å². The summed E-state index contributed by atoms with van der Waals surface area (Å²) in [4.78, 5) is 22.9. The van der Waals surface area contributed by atoms with E-state index in [0.29, 0.717) is 5.69 Å². The zero-order valence-corrected chi connectivity index (χ0v) is 13.0. The molecule has 0 aromatic heterocycles. The molecule has 0 bridgehead atoms. The third kappa shape index (κ3) is 4.66. The number of nitrogens with one attached hydrogen (secondary N) is 2. The van der Waals surface area contributed by atoms with Gasteiger partial charge in [-0.25, -0.2) is 9.59 Å². The maximum atomic E-state index is 11.9. The van der Waals surface area contributed by atoms with Crippen molar-refractivity contribution in [3.8, 4) is 5.75 Å². The number of benzene rings is 1. The third-order valence-electron chi connectivity index (χ3n) is 3.34. The highest BCUT2D eigenvalue weighted by Crippen LogP contribution is 2.23. The largest absolute Gasteiger partial charge is 0.496 e. The van der Waals surface area contributed by atoms with Gasteiger partial charge < -0.3 is 20.5 Å². The number of urea groups is 1. The number of anilines is 1. The minimum Gasteiger partial charge on any atom is -0.496 e. The van der Waals surface area contributed by atoms with Crippen molar-refractivity contribution in [3.05, 3.63) is 23.8 Å². The Labute approximate surface area is 124 Å². The average molecular weight is 294 g/mol. The summed E-state index contributed by atoms with van der Waals surface area (Å²) < 4.78 is 5.01. The van der Waals surface area contributed by atoms with Crippen LogP contribution in [0.4, 0.5) is 10.5 Å². The first kappa shape index (κ1) is 16.8. The van der Waals surface area contributed by atoms with Gasteiger partial charge in [-0.1, -0.05) is 20.8 Å². The standard InChI is InChI=1S/C15H22N2O4/c1-9(15(2,3)4)16-14(20)17-10-6-7-11(13(18)19)12(8-10)21-5/h6-9H,1-5H3,(H,18,19)(H2,16,17,20). The smallest absolute Gasteiger partial charge is 0.339 e. The first-order valence-corrected chi connectivity index (χ1v) is 6.64. The fourth-order valence-corrected chi connectivity index (χ4v) is 1.53. The van der Waals surface area contributed by atoms with Gasteiger partial charge in [0, 0.05) is 17.8 Å². The van der Waals surface area contributed by atoms with Crippen molar-refractivity contribution in [1.29, 1.82) is 0 Å². The molecule has 6 nitrogen and oxygen atoms in total. The van der Waals surface area contributed by atoms with Crippen molar-refractivity contribution in [1.82, 2.24) is 5.32 Å². The molecule has 1 atom stereocenters. The SMILES string of the molecule is COc1cc(NC(=O)NC(C)C(C)(C)C)ccc1C(=O)O. The number of hydrogen-bond donors (Lipinski definition) is 3. The molecule has 0 saturated heterocycles. The molecule has 0 fully saturated rings. The lowest BCUT2D eigenvalue weighted by molar-refractivity contribution is 0.0693. The van der Waals surface area contributed by atoms with Gasteiger partial charge in [-0.2, -0.15) is 0 Å². The molecule has 0 aliphatic heterocycles. The molecule has 1 aromatic carbocycles. The highest BCUT2D eigenvalue weighted by atomic mass is 16.5. The van der Waals surface area contributed by atoms with Gasteiger partial charge in [0.2, 0.25) is 0 Å². The van der Waals surface area contributed by atoms with Crippen molar-refractivity contribution < 1.29 is 19.4 Å². The Morgan fingerprint density at radius 2 is 1.90 bits per heavy atom. The van der Waals surface area contributed by atoms with E-state index in [1.165, 1.54) is 25.3 Å².